The molecule has 0 atom stereocenters. The van der Waals surface area contributed by atoms with Crippen molar-refractivity contribution in [1.82, 2.24) is 5.43 Å². The van der Waals surface area contributed by atoms with Crippen molar-refractivity contribution in [3.05, 3.63) is 0 Å². The number of nitrogens with zero attached hydrogens (tertiary/aromatic N) is 1. The molecule has 0 aliphatic rings. The Morgan fingerprint density at radius 3 is 2.89 bits per heavy atom. The maximum Gasteiger partial charge on any atom is 0.172 e. The topological polar surface area (TPSA) is 41.5 Å². The van der Waals surface area contributed by atoms with Gasteiger partial charge >= 0.3 is 0 Å². The van der Waals surface area contributed by atoms with Crippen molar-refractivity contribution in [3.8, 4) is 0 Å². The number of Topliss-reactive ketones (excluding diaryl/α,β-unsaturated/α-hetero) is 1. The lowest BCUT2D eigenvalue weighted by molar-refractivity contribution is -0.110. The van der Waals surface area contributed by atoms with Crippen molar-refractivity contribution in [3.63, 3.8) is 0 Å². The molecular formula is C6H12N2O. The van der Waals surface area contributed by atoms with Gasteiger partial charge in [-0.2, -0.15) is 5.10 Å². The van der Waals surface area contributed by atoms with Crippen LogP contribution >= 0.6 is 0 Å². The van der Waals surface area contributed by atoms with E-state index >= 15 is 0 Å². The minimum absolute atomic E-state index is 0.0291. The molecule has 1 N–H and O–H groups in total. The van der Waals surface area contributed by atoms with E-state index in [0.29, 0.717) is 0 Å². The number of hydrogen-bond donors (Lipinski definition) is 1. The first-order valence-corrected chi connectivity index (χ1v) is 3.04. The van der Waals surface area contributed by atoms with E-state index in [4.69, 9.17) is 0 Å². The van der Waals surface area contributed by atoms with E-state index in [-0.39, 0.29) is 5.78 Å². The van der Waals surface area contributed by atoms with Crippen molar-refractivity contribution in [2.24, 2.45) is 5.10 Å². The molecule has 0 radical (unpaired) electrons. The van der Waals surface area contributed by atoms with Gasteiger partial charge in [-0.1, -0.05) is 6.92 Å². The molecule has 0 amide bonds. The Morgan fingerprint density at radius 1 is 1.78 bits per heavy atom. The smallest absolute Gasteiger partial charge is 0.172 e. The second-order valence-electron chi connectivity index (χ2n) is 1.78. The number of rotatable bonds is 4. The van der Waals surface area contributed by atoms with Crippen molar-refractivity contribution < 1.29 is 4.79 Å². The summed E-state index contributed by atoms with van der Waals surface area (Å²) in [5.41, 5.74) is 2.72. The number of carbonyl (C=O) groups excluding carboxylic acids is 1. The molecule has 0 rings (SSSR count). The largest absolute Gasteiger partial charge is 0.310 e. The van der Waals surface area contributed by atoms with Gasteiger partial charge in [-0.15, -0.1) is 0 Å². The summed E-state index contributed by atoms with van der Waals surface area (Å²) in [6.45, 7) is 4.33. The van der Waals surface area contributed by atoms with Gasteiger partial charge in [0, 0.05) is 13.5 Å². The quantitative estimate of drug-likeness (QED) is 0.341. The number of hydrogen-bond acceptors (Lipinski definition) is 3. The number of hydrazone groups is 1. The molecule has 0 unspecified atom stereocenters. The first-order chi connectivity index (χ1) is 4.27. The minimum Gasteiger partial charge on any atom is -0.310 e. The molecule has 0 bridgehead atoms. The highest BCUT2D eigenvalue weighted by molar-refractivity contribution is 6.26. The Labute approximate surface area is 55.1 Å². The summed E-state index contributed by atoms with van der Waals surface area (Å²) < 4.78 is 0. The highest BCUT2D eigenvalue weighted by atomic mass is 16.1. The van der Waals surface area contributed by atoms with E-state index in [2.05, 4.69) is 10.5 Å². The predicted molar refractivity (Wildman–Crippen MR) is 37.5 cm³/mol. The SMILES string of the molecule is CCCN/N=C\C(C)=O. The summed E-state index contributed by atoms with van der Waals surface area (Å²) in [6.07, 6.45) is 2.30. The van der Waals surface area contributed by atoms with Gasteiger partial charge < -0.3 is 5.43 Å². The standard InChI is InChI=1S/C6H12N2O/c1-3-4-7-8-5-6(2)9/h5,7H,3-4H2,1-2H3/b8-5-. The molecule has 0 spiro atoms. The maximum atomic E-state index is 10.2. The van der Waals surface area contributed by atoms with Crippen LogP contribution in [0.2, 0.25) is 0 Å². The first kappa shape index (κ1) is 8.14. The van der Waals surface area contributed by atoms with Gasteiger partial charge in [0.25, 0.3) is 0 Å². The second-order valence-corrected chi connectivity index (χ2v) is 1.78. The van der Waals surface area contributed by atoms with Crippen LogP contribution < -0.4 is 5.43 Å². The van der Waals surface area contributed by atoms with Crippen LogP contribution in [0.3, 0.4) is 0 Å². The number of nitrogens with one attached hydrogen (secondary N) is 1. The normalized spacial score (nSPS) is 10.0. The fourth-order valence-electron chi connectivity index (χ4n) is 0.313. The van der Waals surface area contributed by atoms with Gasteiger partial charge in [0.2, 0.25) is 0 Å². The van der Waals surface area contributed by atoms with Gasteiger partial charge in [0.1, 0.15) is 0 Å². The zero-order valence-electron chi connectivity index (χ0n) is 5.85. The Hall–Kier alpha value is -0.860. The van der Waals surface area contributed by atoms with Crippen LogP contribution in [0.4, 0.5) is 0 Å². The van der Waals surface area contributed by atoms with E-state index in [0.717, 1.165) is 13.0 Å². The fourth-order valence-corrected chi connectivity index (χ4v) is 0.313. The first-order valence-electron chi connectivity index (χ1n) is 3.04. The van der Waals surface area contributed by atoms with E-state index in [1.165, 1.54) is 13.1 Å². The van der Waals surface area contributed by atoms with Crippen LogP contribution in [0.15, 0.2) is 5.10 Å². The molecule has 3 heteroatoms. The van der Waals surface area contributed by atoms with Crippen molar-refractivity contribution >= 4 is 12.0 Å². The van der Waals surface area contributed by atoms with E-state index < -0.39 is 0 Å². The lowest BCUT2D eigenvalue weighted by atomic mass is 10.5. The lowest BCUT2D eigenvalue weighted by Gasteiger charge is -1.91. The highest BCUT2D eigenvalue weighted by Crippen LogP contribution is 1.68. The Bertz CT molecular complexity index is 110. The number of carbonyl (C=O) groups is 1. The van der Waals surface area contributed by atoms with Crippen molar-refractivity contribution in [1.29, 1.82) is 0 Å². The second kappa shape index (κ2) is 5.28. The van der Waals surface area contributed by atoms with Crippen LogP contribution in [-0.4, -0.2) is 18.5 Å². The molecule has 0 aliphatic heterocycles. The molecule has 0 heterocycles. The summed E-state index contributed by atoms with van der Waals surface area (Å²) >= 11 is 0. The molecule has 0 aliphatic carbocycles. The Kier molecular flexibility index (Phi) is 4.78. The molecule has 52 valence electrons. The molecule has 0 aromatic carbocycles. The van der Waals surface area contributed by atoms with Crippen LogP contribution in [0.1, 0.15) is 20.3 Å². The van der Waals surface area contributed by atoms with Crippen molar-refractivity contribution in [2.75, 3.05) is 6.54 Å². The molecule has 9 heavy (non-hydrogen) atoms. The molecule has 0 fully saturated rings. The van der Waals surface area contributed by atoms with Crippen LogP contribution in [0.25, 0.3) is 0 Å². The van der Waals surface area contributed by atoms with Gasteiger partial charge in [-0.3, -0.25) is 4.79 Å². The zero-order chi connectivity index (χ0) is 7.11. The average Bonchev–Trinajstić information content (AvgIpc) is 1.80. The summed E-state index contributed by atoms with van der Waals surface area (Å²) in [5, 5.41) is 3.64. The number of ketones is 1. The van der Waals surface area contributed by atoms with Gasteiger partial charge in [0.15, 0.2) is 5.78 Å². The van der Waals surface area contributed by atoms with E-state index in [9.17, 15) is 4.79 Å². The van der Waals surface area contributed by atoms with E-state index in [1.54, 1.807) is 0 Å². The zero-order valence-corrected chi connectivity index (χ0v) is 5.85. The molecule has 0 aromatic heterocycles. The predicted octanol–water partition coefficient (Wildman–Crippen LogP) is 0.561. The lowest BCUT2D eigenvalue weighted by Crippen LogP contribution is -2.07. The Morgan fingerprint density at radius 2 is 2.44 bits per heavy atom. The fraction of sp³-hybridized carbons (Fsp3) is 0.667. The Balaban J connectivity index is 3.15. The van der Waals surface area contributed by atoms with Gasteiger partial charge in [0.05, 0.1) is 6.21 Å². The molecule has 0 saturated heterocycles. The minimum atomic E-state index is -0.0291. The van der Waals surface area contributed by atoms with Crippen LogP contribution in [0.5, 0.6) is 0 Å². The van der Waals surface area contributed by atoms with Crippen molar-refractivity contribution in [2.45, 2.75) is 20.3 Å². The molecule has 0 aromatic rings. The molecule has 0 saturated carbocycles. The monoisotopic (exact) mass is 128 g/mol. The third-order valence-corrected chi connectivity index (χ3v) is 0.699. The summed E-state index contributed by atoms with van der Waals surface area (Å²) in [7, 11) is 0. The average molecular weight is 128 g/mol. The molecule has 3 nitrogen and oxygen atoms in total. The van der Waals surface area contributed by atoms with Gasteiger partial charge in [-0.05, 0) is 6.42 Å². The third-order valence-electron chi connectivity index (χ3n) is 0.699. The maximum absolute atomic E-state index is 10.2. The van der Waals surface area contributed by atoms with Crippen LogP contribution in [0, 0.1) is 0 Å². The summed E-state index contributed by atoms with van der Waals surface area (Å²) in [6, 6.07) is 0. The summed E-state index contributed by atoms with van der Waals surface area (Å²) in [5.74, 6) is -0.0291. The van der Waals surface area contributed by atoms with E-state index in [1.807, 2.05) is 6.92 Å². The van der Waals surface area contributed by atoms with Gasteiger partial charge in [-0.25, -0.2) is 0 Å². The van der Waals surface area contributed by atoms with Crippen LogP contribution in [-0.2, 0) is 4.79 Å². The highest BCUT2D eigenvalue weighted by Gasteiger charge is 1.79. The third kappa shape index (κ3) is 7.14. The summed E-state index contributed by atoms with van der Waals surface area (Å²) in [4.78, 5) is 10.2. The molecular weight excluding hydrogens is 116 g/mol.